The summed E-state index contributed by atoms with van der Waals surface area (Å²) in [5.74, 6) is 0. The fraction of sp³-hybridized carbons (Fsp3) is 0.300. The molecular formula is C20H21NO2. The molecule has 0 bridgehead atoms. The van der Waals surface area contributed by atoms with Crippen molar-refractivity contribution in [3.05, 3.63) is 72.0 Å². The van der Waals surface area contributed by atoms with Crippen molar-refractivity contribution in [3.8, 4) is 0 Å². The molecule has 0 spiro atoms. The van der Waals surface area contributed by atoms with Crippen LogP contribution < -0.4 is 0 Å². The highest BCUT2D eigenvalue weighted by atomic mass is 16.3. The molecular weight excluding hydrogens is 286 g/mol. The van der Waals surface area contributed by atoms with Crippen molar-refractivity contribution in [2.75, 3.05) is 13.1 Å². The number of β-amino-alcohol motifs (C(OH)–C–C–N with tert-alkyl or cyclic N) is 1. The van der Waals surface area contributed by atoms with E-state index in [1.807, 2.05) is 30.3 Å². The Labute approximate surface area is 136 Å². The third-order valence-electron chi connectivity index (χ3n) is 4.78. The molecule has 1 atom stereocenters. The highest BCUT2D eigenvalue weighted by Crippen LogP contribution is 2.36. The van der Waals surface area contributed by atoms with Crippen molar-refractivity contribution in [2.24, 2.45) is 0 Å². The van der Waals surface area contributed by atoms with E-state index in [2.05, 4.69) is 29.2 Å². The van der Waals surface area contributed by atoms with Crippen LogP contribution in [0.1, 0.15) is 24.0 Å². The van der Waals surface area contributed by atoms with E-state index in [0.29, 0.717) is 6.54 Å². The Hall–Kier alpha value is -2.10. The van der Waals surface area contributed by atoms with Crippen LogP contribution in [0.4, 0.5) is 0 Å². The van der Waals surface area contributed by atoms with Gasteiger partial charge in [0.25, 0.3) is 0 Å². The van der Waals surface area contributed by atoms with Crippen LogP contribution in [0.25, 0.3) is 11.0 Å². The number of para-hydroxylation sites is 1. The Morgan fingerprint density at radius 1 is 1.04 bits per heavy atom. The van der Waals surface area contributed by atoms with Crippen molar-refractivity contribution in [1.82, 2.24) is 4.90 Å². The highest BCUT2D eigenvalue weighted by Gasteiger charge is 2.36. The molecule has 1 N–H and O–H groups in total. The van der Waals surface area contributed by atoms with Gasteiger partial charge >= 0.3 is 0 Å². The average Bonchev–Trinajstić information content (AvgIpc) is 3.04. The number of benzene rings is 2. The number of nitrogens with zero attached hydrogens (tertiary/aromatic N) is 1. The Bertz CT molecular complexity index is 796. The minimum atomic E-state index is -0.843. The zero-order chi connectivity index (χ0) is 15.7. The van der Waals surface area contributed by atoms with Gasteiger partial charge in [-0.2, -0.15) is 0 Å². The number of fused-ring (bicyclic) bond motifs is 1. The molecule has 3 nitrogen and oxygen atoms in total. The summed E-state index contributed by atoms with van der Waals surface area (Å²) in [7, 11) is 0. The van der Waals surface area contributed by atoms with Crippen LogP contribution >= 0.6 is 0 Å². The van der Waals surface area contributed by atoms with Crippen LogP contribution in [-0.2, 0) is 12.1 Å². The molecule has 0 amide bonds. The quantitative estimate of drug-likeness (QED) is 0.797. The summed E-state index contributed by atoms with van der Waals surface area (Å²) in [6.45, 7) is 2.53. The normalized spacial score (nSPS) is 22.5. The van der Waals surface area contributed by atoms with Gasteiger partial charge in [-0.3, -0.25) is 4.90 Å². The minimum Gasteiger partial charge on any atom is -0.464 e. The topological polar surface area (TPSA) is 36.6 Å². The lowest BCUT2D eigenvalue weighted by Crippen LogP contribution is -2.45. The Kier molecular flexibility index (Phi) is 3.68. The molecule has 0 radical (unpaired) electrons. The molecule has 1 aliphatic rings. The SMILES string of the molecule is OC1(c2cccc3ccoc23)CCCN(Cc2ccccc2)C1. The summed E-state index contributed by atoms with van der Waals surface area (Å²) < 4.78 is 5.64. The van der Waals surface area contributed by atoms with Crippen molar-refractivity contribution < 1.29 is 9.52 Å². The van der Waals surface area contributed by atoms with Crippen LogP contribution in [0, 0.1) is 0 Å². The van der Waals surface area contributed by atoms with E-state index in [4.69, 9.17) is 4.42 Å². The van der Waals surface area contributed by atoms with E-state index in [1.165, 1.54) is 5.56 Å². The van der Waals surface area contributed by atoms with Crippen LogP contribution in [0.5, 0.6) is 0 Å². The van der Waals surface area contributed by atoms with E-state index in [-0.39, 0.29) is 0 Å². The Morgan fingerprint density at radius 2 is 1.91 bits per heavy atom. The first-order valence-electron chi connectivity index (χ1n) is 8.20. The molecule has 3 heteroatoms. The number of furan rings is 1. The Morgan fingerprint density at radius 3 is 2.78 bits per heavy atom. The summed E-state index contributed by atoms with van der Waals surface area (Å²) in [6, 6.07) is 18.4. The Balaban J connectivity index is 1.61. The van der Waals surface area contributed by atoms with Crippen LogP contribution in [-0.4, -0.2) is 23.1 Å². The molecule has 23 heavy (non-hydrogen) atoms. The fourth-order valence-electron chi connectivity index (χ4n) is 3.68. The van der Waals surface area contributed by atoms with Gasteiger partial charge in [0, 0.05) is 24.0 Å². The number of hydrogen-bond donors (Lipinski definition) is 1. The molecule has 3 aromatic rings. The largest absolute Gasteiger partial charge is 0.464 e. The van der Waals surface area contributed by atoms with E-state index >= 15 is 0 Å². The number of aliphatic hydroxyl groups is 1. The average molecular weight is 307 g/mol. The number of hydrogen-bond acceptors (Lipinski definition) is 3. The molecule has 1 fully saturated rings. The lowest BCUT2D eigenvalue weighted by molar-refractivity contribution is -0.0376. The summed E-state index contributed by atoms with van der Waals surface area (Å²) in [4.78, 5) is 2.33. The highest BCUT2D eigenvalue weighted by molar-refractivity contribution is 5.81. The van der Waals surface area contributed by atoms with Gasteiger partial charge in [0.05, 0.1) is 6.26 Å². The van der Waals surface area contributed by atoms with Crippen LogP contribution in [0.2, 0.25) is 0 Å². The van der Waals surface area contributed by atoms with E-state index in [1.54, 1.807) is 6.26 Å². The maximum Gasteiger partial charge on any atom is 0.139 e. The summed E-state index contributed by atoms with van der Waals surface area (Å²) in [5.41, 5.74) is 2.17. The van der Waals surface area contributed by atoms with Gasteiger partial charge in [-0.05, 0) is 31.0 Å². The van der Waals surface area contributed by atoms with Crippen molar-refractivity contribution in [1.29, 1.82) is 0 Å². The monoisotopic (exact) mass is 307 g/mol. The number of rotatable bonds is 3. The van der Waals surface area contributed by atoms with E-state index in [0.717, 1.165) is 42.5 Å². The zero-order valence-electron chi connectivity index (χ0n) is 13.1. The predicted octanol–water partition coefficient (Wildman–Crippen LogP) is 3.92. The maximum absolute atomic E-state index is 11.3. The second kappa shape index (κ2) is 5.84. The smallest absolute Gasteiger partial charge is 0.139 e. The second-order valence-corrected chi connectivity index (χ2v) is 6.48. The number of likely N-dealkylation sites (tertiary alicyclic amines) is 1. The van der Waals surface area contributed by atoms with Crippen molar-refractivity contribution in [2.45, 2.75) is 25.0 Å². The molecule has 0 saturated carbocycles. The fourth-order valence-corrected chi connectivity index (χ4v) is 3.68. The molecule has 2 aromatic carbocycles. The lowest BCUT2D eigenvalue weighted by Gasteiger charge is -2.39. The van der Waals surface area contributed by atoms with E-state index < -0.39 is 5.60 Å². The zero-order valence-corrected chi connectivity index (χ0v) is 13.1. The molecule has 1 saturated heterocycles. The van der Waals surface area contributed by atoms with Crippen molar-refractivity contribution in [3.63, 3.8) is 0 Å². The van der Waals surface area contributed by atoms with Gasteiger partial charge in [-0.1, -0.05) is 48.5 Å². The summed E-state index contributed by atoms with van der Waals surface area (Å²) >= 11 is 0. The molecule has 2 heterocycles. The molecule has 118 valence electrons. The third-order valence-corrected chi connectivity index (χ3v) is 4.78. The van der Waals surface area contributed by atoms with Crippen molar-refractivity contribution >= 4 is 11.0 Å². The molecule has 0 aliphatic carbocycles. The molecule has 1 aromatic heterocycles. The maximum atomic E-state index is 11.3. The van der Waals surface area contributed by atoms with Gasteiger partial charge in [-0.25, -0.2) is 0 Å². The molecule has 4 rings (SSSR count). The minimum absolute atomic E-state index is 0.641. The van der Waals surface area contributed by atoms with Gasteiger partial charge in [0.15, 0.2) is 0 Å². The van der Waals surface area contributed by atoms with Crippen LogP contribution in [0.3, 0.4) is 0 Å². The molecule has 1 unspecified atom stereocenters. The summed E-state index contributed by atoms with van der Waals surface area (Å²) in [6.07, 6.45) is 3.46. The summed E-state index contributed by atoms with van der Waals surface area (Å²) in [5, 5.41) is 12.4. The lowest BCUT2D eigenvalue weighted by atomic mass is 9.85. The first-order chi connectivity index (χ1) is 11.2. The predicted molar refractivity (Wildman–Crippen MR) is 91.1 cm³/mol. The van der Waals surface area contributed by atoms with Crippen LogP contribution in [0.15, 0.2) is 65.3 Å². The van der Waals surface area contributed by atoms with Gasteiger partial charge in [-0.15, -0.1) is 0 Å². The second-order valence-electron chi connectivity index (χ2n) is 6.48. The number of piperidine rings is 1. The standard InChI is InChI=1S/C20H21NO2/c22-20(18-9-4-8-17-10-13-23-19(17)18)11-5-12-21(15-20)14-16-6-2-1-3-7-16/h1-4,6-10,13,22H,5,11-12,14-15H2. The third kappa shape index (κ3) is 2.78. The first kappa shape index (κ1) is 14.5. The van der Waals surface area contributed by atoms with Gasteiger partial charge in [0.1, 0.15) is 11.2 Å². The van der Waals surface area contributed by atoms with Gasteiger partial charge < -0.3 is 9.52 Å². The van der Waals surface area contributed by atoms with Gasteiger partial charge in [0.2, 0.25) is 0 Å². The molecule has 1 aliphatic heterocycles. The van der Waals surface area contributed by atoms with E-state index in [9.17, 15) is 5.11 Å². The first-order valence-corrected chi connectivity index (χ1v) is 8.20.